The Bertz CT molecular complexity index is 527. The summed E-state index contributed by atoms with van der Waals surface area (Å²) in [7, 11) is 4.27. The minimum absolute atomic E-state index is 0.208. The number of hydrogen-bond donors (Lipinski definition) is 1. The standard InChI is InChI=1S/C17H23FN2O/c1-19-9-7-17(8-10-19)20(2)13-15-5-6-16(18)12-14(15)4-3-11-21/h5-6,12,17,21H,7-11,13H2,1-2H3. The van der Waals surface area contributed by atoms with Gasteiger partial charge in [0.25, 0.3) is 0 Å². The summed E-state index contributed by atoms with van der Waals surface area (Å²) in [5, 5.41) is 8.82. The maximum absolute atomic E-state index is 13.4. The third kappa shape index (κ3) is 4.53. The van der Waals surface area contributed by atoms with Crippen LogP contribution in [0.2, 0.25) is 0 Å². The highest BCUT2D eigenvalue weighted by Gasteiger charge is 2.21. The molecule has 1 aliphatic heterocycles. The summed E-state index contributed by atoms with van der Waals surface area (Å²) in [6, 6.07) is 5.27. The van der Waals surface area contributed by atoms with Crippen LogP contribution in [0.25, 0.3) is 0 Å². The average Bonchev–Trinajstić information content (AvgIpc) is 2.48. The molecule has 0 aromatic heterocycles. The molecule has 0 spiro atoms. The van der Waals surface area contributed by atoms with Gasteiger partial charge in [-0.25, -0.2) is 4.39 Å². The van der Waals surface area contributed by atoms with E-state index in [0.29, 0.717) is 11.6 Å². The monoisotopic (exact) mass is 290 g/mol. The number of likely N-dealkylation sites (tertiary alicyclic amines) is 1. The van der Waals surface area contributed by atoms with Crippen molar-refractivity contribution < 1.29 is 9.50 Å². The Balaban J connectivity index is 2.08. The van der Waals surface area contributed by atoms with Crippen molar-refractivity contribution in [3.05, 3.63) is 35.1 Å². The van der Waals surface area contributed by atoms with Gasteiger partial charge in [-0.2, -0.15) is 0 Å². The van der Waals surface area contributed by atoms with Gasteiger partial charge in [-0.05, 0) is 57.7 Å². The first-order chi connectivity index (χ1) is 10.1. The van der Waals surface area contributed by atoms with Crippen LogP contribution in [-0.4, -0.2) is 54.7 Å². The summed E-state index contributed by atoms with van der Waals surface area (Å²) in [6.45, 7) is 2.79. The summed E-state index contributed by atoms with van der Waals surface area (Å²) < 4.78 is 13.4. The highest BCUT2D eigenvalue weighted by molar-refractivity contribution is 5.41. The van der Waals surface area contributed by atoms with E-state index in [2.05, 4.69) is 35.7 Å². The van der Waals surface area contributed by atoms with E-state index in [1.165, 1.54) is 12.1 Å². The number of halogens is 1. The molecule has 4 heteroatoms. The first kappa shape index (κ1) is 16.0. The van der Waals surface area contributed by atoms with Gasteiger partial charge in [-0.3, -0.25) is 4.90 Å². The molecule has 1 fully saturated rings. The normalized spacial score (nSPS) is 16.8. The second kappa shape index (κ2) is 7.56. The Labute approximate surface area is 126 Å². The summed E-state index contributed by atoms with van der Waals surface area (Å²) in [5.74, 6) is 5.16. The predicted octanol–water partition coefficient (Wildman–Crippen LogP) is 1.70. The molecule has 1 heterocycles. The smallest absolute Gasteiger partial charge is 0.124 e. The number of hydrogen-bond acceptors (Lipinski definition) is 3. The molecule has 1 aromatic carbocycles. The zero-order valence-corrected chi connectivity index (χ0v) is 12.8. The van der Waals surface area contributed by atoms with Crippen LogP contribution in [0, 0.1) is 17.7 Å². The second-order valence-corrected chi connectivity index (χ2v) is 5.71. The molecule has 1 saturated heterocycles. The van der Waals surface area contributed by atoms with Crippen molar-refractivity contribution in [3.8, 4) is 11.8 Å². The third-order valence-corrected chi connectivity index (χ3v) is 4.11. The average molecular weight is 290 g/mol. The lowest BCUT2D eigenvalue weighted by Gasteiger charge is -2.35. The fourth-order valence-corrected chi connectivity index (χ4v) is 2.77. The van der Waals surface area contributed by atoms with Gasteiger partial charge >= 0.3 is 0 Å². The highest BCUT2D eigenvalue weighted by atomic mass is 19.1. The van der Waals surface area contributed by atoms with E-state index in [1.807, 2.05) is 0 Å². The summed E-state index contributed by atoms with van der Waals surface area (Å²) in [5.41, 5.74) is 1.68. The van der Waals surface area contributed by atoms with Crippen molar-refractivity contribution in [3.63, 3.8) is 0 Å². The molecule has 1 aliphatic rings. The predicted molar refractivity (Wildman–Crippen MR) is 82.3 cm³/mol. The number of aliphatic hydroxyl groups is 1. The molecule has 21 heavy (non-hydrogen) atoms. The topological polar surface area (TPSA) is 26.7 Å². The van der Waals surface area contributed by atoms with Gasteiger partial charge < -0.3 is 10.0 Å². The molecule has 0 bridgehead atoms. The molecule has 0 amide bonds. The Morgan fingerprint density at radius 2 is 2.10 bits per heavy atom. The molecular weight excluding hydrogens is 267 g/mol. The van der Waals surface area contributed by atoms with Crippen LogP contribution < -0.4 is 0 Å². The van der Waals surface area contributed by atoms with Crippen molar-refractivity contribution in [2.45, 2.75) is 25.4 Å². The Kier molecular flexibility index (Phi) is 5.75. The molecule has 0 radical (unpaired) electrons. The molecule has 0 saturated carbocycles. The van der Waals surface area contributed by atoms with Gasteiger partial charge in [0.2, 0.25) is 0 Å². The third-order valence-electron chi connectivity index (χ3n) is 4.11. The van der Waals surface area contributed by atoms with Gasteiger partial charge in [-0.15, -0.1) is 0 Å². The maximum atomic E-state index is 13.4. The van der Waals surface area contributed by atoms with E-state index in [4.69, 9.17) is 5.11 Å². The van der Waals surface area contributed by atoms with Crippen molar-refractivity contribution in [1.82, 2.24) is 9.80 Å². The van der Waals surface area contributed by atoms with Gasteiger partial charge in [-0.1, -0.05) is 17.9 Å². The van der Waals surface area contributed by atoms with Crippen LogP contribution in [0.3, 0.4) is 0 Å². The lowest BCUT2D eigenvalue weighted by molar-refractivity contribution is 0.139. The molecule has 2 rings (SSSR count). The fourth-order valence-electron chi connectivity index (χ4n) is 2.77. The Hall–Kier alpha value is -1.41. The fraction of sp³-hybridized carbons (Fsp3) is 0.529. The summed E-state index contributed by atoms with van der Waals surface area (Å²) in [4.78, 5) is 4.67. The van der Waals surface area contributed by atoms with E-state index in [1.54, 1.807) is 6.07 Å². The summed E-state index contributed by atoms with van der Waals surface area (Å²) in [6.07, 6.45) is 2.32. The minimum Gasteiger partial charge on any atom is -0.384 e. The molecule has 0 aliphatic carbocycles. The van der Waals surface area contributed by atoms with Crippen LogP contribution in [0.15, 0.2) is 18.2 Å². The van der Waals surface area contributed by atoms with Crippen LogP contribution in [-0.2, 0) is 6.54 Å². The number of piperidine rings is 1. The van der Waals surface area contributed by atoms with Crippen LogP contribution in [0.5, 0.6) is 0 Å². The van der Waals surface area contributed by atoms with Crippen molar-refractivity contribution in [2.75, 3.05) is 33.8 Å². The van der Waals surface area contributed by atoms with Crippen molar-refractivity contribution in [1.29, 1.82) is 0 Å². The van der Waals surface area contributed by atoms with E-state index < -0.39 is 0 Å². The molecule has 1 aromatic rings. The number of nitrogens with zero attached hydrogens (tertiary/aromatic N) is 2. The number of aliphatic hydroxyl groups excluding tert-OH is 1. The lowest BCUT2D eigenvalue weighted by Crippen LogP contribution is -2.41. The maximum Gasteiger partial charge on any atom is 0.124 e. The van der Waals surface area contributed by atoms with Gasteiger partial charge in [0.05, 0.1) is 0 Å². The van der Waals surface area contributed by atoms with E-state index in [0.717, 1.165) is 38.0 Å². The molecule has 114 valence electrons. The van der Waals surface area contributed by atoms with Crippen LogP contribution >= 0.6 is 0 Å². The second-order valence-electron chi connectivity index (χ2n) is 5.71. The quantitative estimate of drug-likeness (QED) is 0.858. The number of rotatable bonds is 3. The molecular formula is C17H23FN2O. The number of benzene rings is 1. The first-order valence-corrected chi connectivity index (χ1v) is 7.37. The SMILES string of the molecule is CN1CCC(N(C)Cc2ccc(F)cc2C#CCO)CC1. The Morgan fingerprint density at radius 3 is 2.76 bits per heavy atom. The Morgan fingerprint density at radius 1 is 1.38 bits per heavy atom. The minimum atomic E-state index is -0.289. The van der Waals surface area contributed by atoms with E-state index in [9.17, 15) is 4.39 Å². The van der Waals surface area contributed by atoms with Crippen LogP contribution in [0.4, 0.5) is 4.39 Å². The lowest BCUT2D eigenvalue weighted by atomic mass is 10.0. The largest absolute Gasteiger partial charge is 0.384 e. The molecule has 0 unspecified atom stereocenters. The van der Waals surface area contributed by atoms with Crippen molar-refractivity contribution >= 4 is 0 Å². The van der Waals surface area contributed by atoms with Gasteiger partial charge in [0.1, 0.15) is 12.4 Å². The molecule has 3 nitrogen and oxygen atoms in total. The van der Waals surface area contributed by atoms with E-state index in [-0.39, 0.29) is 12.4 Å². The zero-order chi connectivity index (χ0) is 15.2. The molecule has 0 atom stereocenters. The van der Waals surface area contributed by atoms with Gasteiger partial charge in [0, 0.05) is 18.2 Å². The van der Waals surface area contributed by atoms with Crippen LogP contribution in [0.1, 0.15) is 24.0 Å². The molecule has 1 N–H and O–H groups in total. The van der Waals surface area contributed by atoms with Gasteiger partial charge in [0.15, 0.2) is 0 Å². The van der Waals surface area contributed by atoms with Crippen molar-refractivity contribution in [2.24, 2.45) is 0 Å². The zero-order valence-electron chi connectivity index (χ0n) is 12.8. The summed E-state index contributed by atoms with van der Waals surface area (Å²) >= 11 is 0. The highest BCUT2D eigenvalue weighted by Crippen LogP contribution is 2.19. The first-order valence-electron chi connectivity index (χ1n) is 7.37. The van der Waals surface area contributed by atoms with E-state index >= 15 is 0 Å².